The molecule has 0 saturated carbocycles. The Hall–Kier alpha value is -0.470. The Labute approximate surface area is 108 Å². The van der Waals surface area contributed by atoms with Crippen LogP contribution in [0.5, 0.6) is 0 Å². The Morgan fingerprint density at radius 3 is 3.12 bits per heavy atom. The van der Waals surface area contributed by atoms with Crippen molar-refractivity contribution in [1.82, 2.24) is 5.32 Å². The second-order valence-electron chi connectivity index (χ2n) is 5.35. The van der Waals surface area contributed by atoms with E-state index in [0.29, 0.717) is 0 Å². The maximum Gasteiger partial charge on any atom is 0.0138 e. The number of hydrogen-bond donors (Lipinski definition) is 1. The molecule has 1 nitrogen and oxygen atoms in total. The van der Waals surface area contributed by atoms with E-state index in [1.54, 1.807) is 5.56 Å². The van der Waals surface area contributed by atoms with Crippen molar-refractivity contribution in [2.45, 2.75) is 42.2 Å². The fraction of sp³-hybridized carbons (Fsp3) is 0.600. The summed E-state index contributed by atoms with van der Waals surface area (Å²) in [5, 5.41) is 4.41. The van der Waals surface area contributed by atoms with Gasteiger partial charge in [0, 0.05) is 10.1 Å². The third kappa shape index (κ3) is 2.86. The van der Waals surface area contributed by atoms with Gasteiger partial charge in [0.1, 0.15) is 0 Å². The minimum Gasteiger partial charge on any atom is -0.316 e. The largest absolute Gasteiger partial charge is 0.316 e. The van der Waals surface area contributed by atoms with Crippen LogP contribution in [0, 0.1) is 5.92 Å². The molecule has 2 heterocycles. The predicted octanol–water partition coefficient (Wildman–Crippen LogP) is 3.48. The quantitative estimate of drug-likeness (QED) is 0.858. The van der Waals surface area contributed by atoms with Crippen LogP contribution in [0.4, 0.5) is 0 Å². The van der Waals surface area contributed by atoms with Crippen LogP contribution < -0.4 is 5.32 Å². The molecule has 0 spiro atoms. The highest BCUT2D eigenvalue weighted by atomic mass is 32.2. The first-order valence-electron chi connectivity index (χ1n) is 6.87. The van der Waals surface area contributed by atoms with Crippen molar-refractivity contribution < 1.29 is 0 Å². The fourth-order valence-electron chi connectivity index (χ4n) is 3.05. The van der Waals surface area contributed by atoms with Crippen molar-refractivity contribution >= 4 is 11.8 Å². The van der Waals surface area contributed by atoms with Gasteiger partial charge in [-0.05, 0) is 56.3 Å². The average molecular weight is 247 g/mol. The molecule has 1 fully saturated rings. The van der Waals surface area contributed by atoms with Gasteiger partial charge in [-0.15, -0.1) is 11.8 Å². The Morgan fingerprint density at radius 1 is 1.24 bits per heavy atom. The van der Waals surface area contributed by atoms with Crippen molar-refractivity contribution in [3.8, 4) is 0 Å². The fourth-order valence-corrected chi connectivity index (χ4v) is 4.50. The predicted molar refractivity (Wildman–Crippen MR) is 74.6 cm³/mol. The molecule has 17 heavy (non-hydrogen) atoms. The van der Waals surface area contributed by atoms with E-state index in [1.807, 2.05) is 0 Å². The summed E-state index contributed by atoms with van der Waals surface area (Å²) in [5.74, 6) is 0.907. The van der Waals surface area contributed by atoms with Gasteiger partial charge in [-0.25, -0.2) is 0 Å². The molecular formula is C15H21NS. The highest BCUT2D eigenvalue weighted by Gasteiger charge is 2.25. The van der Waals surface area contributed by atoms with Crippen LogP contribution in [0.2, 0.25) is 0 Å². The topological polar surface area (TPSA) is 12.0 Å². The molecular weight excluding hydrogens is 226 g/mol. The van der Waals surface area contributed by atoms with Gasteiger partial charge in [0.05, 0.1) is 0 Å². The highest BCUT2D eigenvalue weighted by molar-refractivity contribution is 8.00. The van der Waals surface area contributed by atoms with Crippen molar-refractivity contribution in [3.63, 3.8) is 0 Å². The average Bonchev–Trinajstić information content (AvgIpc) is 2.57. The number of nitrogens with one attached hydrogen (secondary N) is 1. The smallest absolute Gasteiger partial charge is 0.0138 e. The lowest BCUT2D eigenvalue weighted by Crippen LogP contribution is -2.23. The van der Waals surface area contributed by atoms with Gasteiger partial charge in [-0.1, -0.05) is 24.6 Å². The van der Waals surface area contributed by atoms with Gasteiger partial charge in [0.25, 0.3) is 0 Å². The molecule has 1 saturated heterocycles. The molecule has 0 bridgehead atoms. The molecule has 2 aliphatic rings. The molecule has 2 unspecified atom stereocenters. The van der Waals surface area contributed by atoms with Crippen LogP contribution in [0.15, 0.2) is 29.2 Å². The number of benzene rings is 1. The van der Waals surface area contributed by atoms with Crippen molar-refractivity contribution in [2.24, 2.45) is 5.92 Å². The Morgan fingerprint density at radius 2 is 2.18 bits per heavy atom. The second-order valence-corrected chi connectivity index (χ2v) is 6.70. The summed E-state index contributed by atoms with van der Waals surface area (Å²) in [6.45, 7) is 2.47. The standard InChI is InChI=1S/C15H21NS/c1-2-7-15-13(6-1)10-14(17-15)9-12-5-3-4-8-16-11-12/h1-2,6-7,12,14,16H,3-5,8-11H2. The minimum atomic E-state index is 0.831. The Bertz CT molecular complexity index is 344. The van der Waals surface area contributed by atoms with Crippen LogP contribution in [0.25, 0.3) is 0 Å². The first-order chi connectivity index (χ1) is 8.42. The maximum atomic E-state index is 3.58. The molecule has 92 valence electrons. The molecule has 1 aromatic carbocycles. The van der Waals surface area contributed by atoms with Crippen molar-refractivity contribution in [3.05, 3.63) is 29.8 Å². The zero-order valence-corrected chi connectivity index (χ0v) is 11.1. The summed E-state index contributed by atoms with van der Waals surface area (Å²) in [5.41, 5.74) is 1.57. The third-order valence-electron chi connectivity index (χ3n) is 3.96. The van der Waals surface area contributed by atoms with E-state index in [0.717, 1.165) is 11.2 Å². The van der Waals surface area contributed by atoms with Gasteiger partial charge < -0.3 is 5.32 Å². The van der Waals surface area contributed by atoms with E-state index in [1.165, 1.54) is 50.1 Å². The SMILES string of the molecule is c1ccc2c(c1)CC(CC1CCCCNC1)S2. The lowest BCUT2D eigenvalue weighted by molar-refractivity contribution is 0.440. The van der Waals surface area contributed by atoms with E-state index < -0.39 is 0 Å². The molecule has 0 amide bonds. The second kappa shape index (κ2) is 5.45. The van der Waals surface area contributed by atoms with Gasteiger partial charge in [-0.2, -0.15) is 0 Å². The molecule has 2 atom stereocenters. The molecule has 3 rings (SSSR count). The van der Waals surface area contributed by atoms with Crippen LogP contribution >= 0.6 is 11.8 Å². The number of hydrogen-bond acceptors (Lipinski definition) is 2. The molecule has 0 radical (unpaired) electrons. The van der Waals surface area contributed by atoms with Gasteiger partial charge >= 0.3 is 0 Å². The van der Waals surface area contributed by atoms with E-state index in [9.17, 15) is 0 Å². The van der Waals surface area contributed by atoms with Crippen LogP contribution in [-0.4, -0.2) is 18.3 Å². The summed E-state index contributed by atoms with van der Waals surface area (Å²) in [6.07, 6.45) is 6.90. The molecule has 1 N–H and O–H groups in total. The molecule has 1 aromatic rings. The van der Waals surface area contributed by atoms with Gasteiger partial charge in [0.15, 0.2) is 0 Å². The number of rotatable bonds is 2. The van der Waals surface area contributed by atoms with E-state index in [4.69, 9.17) is 0 Å². The van der Waals surface area contributed by atoms with E-state index in [2.05, 4.69) is 41.3 Å². The molecule has 2 aliphatic heterocycles. The highest BCUT2D eigenvalue weighted by Crippen LogP contribution is 2.40. The minimum absolute atomic E-state index is 0.831. The Balaban J connectivity index is 1.57. The molecule has 0 aliphatic carbocycles. The Kier molecular flexibility index (Phi) is 3.72. The van der Waals surface area contributed by atoms with Crippen LogP contribution in [0.1, 0.15) is 31.2 Å². The van der Waals surface area contributed by atoms with Crippen molar-refractivity contribution in [2.75, 3.05) is 13.1 Å². The summed E-state index contributed by atoms with van der Waals surface area (Å²) in [4.78, 5) is 1.53. The first kappa shape index (κ1) is 11.6. The molecule has 0 aromatic heterocycles. The van der Waals surface area contributed by atoms with Crippen LogP contribution in [0.3, 0.4) is 0 Å². The lowest BCUT2D eigenvalue weighted by Gasteiger charge is -2.17. The van der Waals surface area contributed by atoms with Gasteiger partial charge in [0.2, 0.25) is 0 Å². The number of fused-ring (bicyclic) bond motifs is 1. The summed E-state index contributed by atoms with van der Waals surface area (Å²) in [7, 11) is 0. The lowest BCUT2D eigenvalue weighted by atomic mass is 9.95. The summed E-state index contributed by atoms with van der Waals surface area (Å²) >= 11 is 2.11. The molecule has 2 heteroatoms. The van der Waals surface area contributed by atoms with Crippen molar-refractivity contribution in [1.29, 1.82) is 0 Å². The van der Waals surface area contributed by atoms with Gasteiger partial charge in [-0.3, -0.25) is 0 Å². The number of thioether (sulfide) groups is 1. The summed E-state index contributed by atoms with van der Waals surface area (Å²) < 4.78 is 0. The monoisotopic (exact) mass is 247 g/mol. The zero-order chi connectivity index (χ0) is 11.5. The van der Waals surface area contributed by atoms with E-state index >= 15 is 0 Å². The van der Waals surface area contributed by atoms with Crippen LogP contribution in [-0.2, 0) is 6.42 Å². The first-order valence-corrected chi connectivity index (χ1v) is 7.75. The maximum absolute atomic E-state index is 3.58. The third-order valence-corrected chi connectivity index (χ3v) is 5.30. The zero-order valence-electron chi connectivity index (χ0n) is 10.3. The summed E-state index contributed by atoms with van der Waals surface area (Å²) in [6, 6.07) is 8.93. The normalized spacial score (nSPS) is 28.7. The van der Waals surface area contributed by atoms with E-state index in [-0.39, 0.29) is 0 Å².